The van der Waals surface area contributed by atoms with Crippen molar-refractivity contribution < 1.29 is 9.90 Å². The van der Waals surface area contributed by atoms with Crippen LogP contribution in [-0.4, -0.2) is 30.2 Å². The maximum atomic E-state index is 11.9. The predicted octanol–water partition coefficient (Wildman–Crippen LogP) is 1.23. The van der Waals surface area contributed by atoms with E-state index in [9.17, 15) is 4.79 Å². The Bertz CT molecular complexity index is 429. The first-order chi connectivity index (χ1) is 9.65. The van der Waals surface area contributed by atoms with Crippen LogP contribution in [0, 0.1) is 5.41 Å². The van der Waals surface area contributed by atoms with E-state index in [-0.39, 0.29) is 17.9 Å². The maximum absolute atomic E-state index is 11.9. The number of rotatable bonds is 8. The summed E-state index contributed by atoms with van der Waals surface area (Å²) in [7, 11) is 0. The summed E-state index contributed by atoms with van der Waals surface area (Å²) in [6, 6.07) is 9.60. The highest BCUT2D eigenvalue weighted by Gasteiger charge is 2.42. The van der Waals surface area contributed by atoms with Gasteiger partial charge >= 0.3 is 0 Å². The minimum absolute atomic E-state index is 0.0786. The Morgan fingerprint density at radius 1 is 1.35 bits per heavy atom. The van der Waals surface area contributed by atoms with Crippen molar-refractivity contribution in [3.8, 4) is 0 Å². The fourth-order valence-corrected chi connectivity index (χ4v) is 2.43. The topological polar surface area (TPSA) is 75.4 Å². The molecule has 1 aliphatic carbocycles. The molecule has 0 bridgehead atoms. The molecule has 0 saturated heterocycles. The SMILES string of the molecule is NC(CCc1ccccc1)C(=O)NCC1(CCO)CC1. The van der Waals surface area contributed by atoms with Crippen molar-refractivity contribution in [2.45, 2.75) is 38.1 Å². The van der Waals surface area contributed by atoms with Crippen LogP contribution in [0.5, 0.6) is 0 Å². The number of carbonyl (C=O) groups excluding carboxylic acids is 1. The molecule has 4 heteroatoms. The molecule has 0 radical (unpaired) electrons. The van der Waals surface area contributed by atoms with E-state index < -0.39 is 6.04 Å². The fourth-order valence-electron chi connectivity index (χ4n) is 2.43. The van der Waals surface area contributed by atoms with Crippen LogP contribution in [0.4, 0.5) is 0 Å². The molecule has 0 spiro atoms. The van der Waals surface area contributed by atoms with Crippen LogP contribution in [0.25, 0.3) is 0 Å². The average molecular weight is 276 g/mol. The minimum atomic E-state index is -0.458. The van der Waals surface area contributed by atoms with Gasteiger partial charge in [0.15, 0.2) is 0 Å². The van der Waals surface area contributed by atoms with Gasteiger partial charge in [0.2, 0.25) is 5.91 Å². The van der Waals surface area contributed by atoms with Gasteiger partial charge in [0.25, 0.3) is 0 Å². The van der Waals surface area contributed by atoms with Crippen LogP contribution in [0.3, 0.4) is 0 Å². The highest BCUT2D eigenvalue weighted by molar-refractivity contribution is 5.81. The molecule has 1 aromatic carbocycles. The number of carbonyl (C=O) groups is 1. The highest BCUT2D eigenvalue weighted by atomic mass is 16.3. The van der Waals surface area contributed by atoms with Gasteiger partial charge in [-0.2, -0.15) is 0 Å². The van der Waals surface area contributed by atoms with Crippen LogP contribution in [0.2, 0.25) is 0 Å². The van der Waals surface area contributed by atoms with Gasteiger partial charge in [0, 0.05) is 13.2 Å². The Hall–Kier alpha value is -1.39. The van der Waals surface area contributed by atoms with E-state index in [2.05, 4.69) is 5.32 Å². The second-order valence-electron chi connectivity index (χ2n) is 5.82. The Labute approximate surface area is 120 Å². The van der Waals surface area contributed by atoms with Crippen LogP contribution < -0.4 is 11.1 Å². The molecule has 4 N–H and O–H groups in total. The van der Waals surface area contributed by atoms with Crippen LogP contribution in [-0.2, 0) is 11.2 Å². The van der Waals surface area contributed by atoms with Gasteiger partial charge in [-0.1, -0.05) is 30.3 Å². The molecule has 1 fully saturated rings. The quantitative estimate of drug-likeness (QED) is 0.668. The predicted molar refractivity (Wildman–Crippen MR) is 79.1 cm³/mol. The number of hydrogen-bond donors (Lipinski definition) is 3. The number of aliphatic hydroxyl groups excluding tert-OH is 1. The molecule has 20 heavy (non-hydrogen) atoms. The Balaban J connectivity index is 1.70. The van der Waals surface area contributed by atoms with E-state index in [0.717, 1.165) is 25.7 Å². The van der Waals surface area contributed by atoms with E-state index in [0.29, 0.717) is 13.0 Å². The number of aryl methyl sites for hydroxylation is 1. The second-order valence-corrected chi connectivity index (χ2v) is 5.82. The van der Waals surface area contributed by atoms with Crippen molar-refractivity contribution in [2.75, 3.05) is 13.2 Å². The molecule has 0 heterocycles. The normalized spacial score (nSPS) is 17.5. The summed E-state index contributed by atoms with van der Waals surface area (Å²) < 4.78 is 0. The Kier molecular flexibility index (Phi) is 5.15. The van der Waals surface area contributed by atoms with E-state index in [1.54, 1.807) is 0 Å². The molecule has 110 valence electrons. The van der Waals surface area contributed by atoms with Crippen LogP contribution in [0.15, 0.2) is 30.3 Å². The summed E-state index contributed by atoms with van der Waals surface area (Å²) in [6.45, 7) is 0.835. The van der Waals surface area contributed by atoms with Crippen molar-refractivity contribution in [3.05, 3.63) is 35.9 Å². The molecule has 1 amide bonds. The van der Waals surface area contributed by atoms with Crippen molar-refractivity contribution in [3.63, 3.8) is 0 Å². The third-order valence-electron chi connectivity index (χ3n) is 4.16. The smallest absolute Gasteiger partial charge is 0.236 e. The molecule has 0 aromatic heterocycles. The van der Waals surface area contributed by atoms with Gasteiger partial charge in [-0.25, -0.2) is 0 Å². The summed E-state index contributed by atoms with van der Waals surface area (Å²) in [6.07, 6.45) is 4.42. The molecule has 0 aliphatic heterocycles. The summed E-state index contributed by atoms with van der Waals surface area (Å²) in [4.78, 5) is 11.9. The summed E-state index contributed by atoms with van der Waals surface area (Å²) >= 11 is 0. The molecule has 1 unspecified atom stereocenters. The lowest BCUT2D eigenvalue weighted by Crippen LogP contribution is -2.43. The van der Waals surface area contributed by atoms with Gasteiger partial charge in [0.1, 0.15) is 0 Å². The third kappa shape index (κ3) is 4.32. The number of benzene rings is 1. The number of amides is 1. The van der Waals surface area contributed by atoms with Crippen molar-refractivity contribution in [1.29, 1.82) is 0 Å². The first kappa shape index (κ1) is 15.0. The molecule has 1 saturated carbocycles. The van der Waals surface area contributed by atoms with Crippen LogP contribution >= 0.6 is 0 Å². The summed E-state index contributed by atoms with van der Waals surface area (Å²) in [5, 5.41) is 11.9. The van der Waals surface area contributed by atoms with Gasteiger partial charge in [-0.3, -0.25) is 4.79 Å². The van der Waals surface area contributed by atoms with Crippen LogP contribution in [0.1, 0.15) is 31.2 Å². The summed E-state index contributed by atoms with van der Waals surface area (Å²) in [5.74, 6) is -0.0786. The zero-order valence-corrected chi connectivity index (χ0v) is 11.8. The van der Waals surface area contributed by atoms with Gasteiger partial charge < -0.3 is 16.2 Å². The number of aliphatic hydroxyl groups is 1. The van der Waals surface area contributed by atoms with E-state index in [1.165, 1.54) is 5.56 Å². The molecule has 1 aliphatic rings. The molecule has 1 atom stereocenters. The third-order valence-corrected chi connectivity index (χ3v) is 4.16. The molecule has 4 nitrogen and oxygen atoms in total. The summed E-state index contributed by atoms with van der Waals surface area (Å²) in [5.41, 5.74) is 7.27. The monoisotopic (exact) mass is 276 g/mol. The Morgan fingerprint density at radius 3 is 2.65 bits per heavy atom. The lowest BCUT2D eigenvalue weighted by molar-refractivity contribution is -0.122. The van der Waals surface area contributed by atoms with Crippen molar-refractivity contribution in [1.82, 2.24) is 5.32 Å². The van der Waals surface area contributed by atoms with E-state index >= 15 is 0 Å². The largest absolute Gasteiger partial charge is 0.396 e. The van der Waals surface area contributed by atoms with Crippen molar-refractivity contribution in [2.24, 2.45) is 11.1 Å². The zero-order chi connectivity index (χ0) is 14.4. The lowest BCUT2D eigenvalue weighted by Gasteiger charge is -2.17. The minimum Gasteiger partial charge on any atom is -0.396 e. The number of hydrogen-bond acceptors (Lipinski definition) is 3. The van der Waals surface area contributed by atoms with Gasteiger partial charge in [-0.15, -0.1) is 0 Å². The lowest BCUT2D eigenvalue weighted by atomic mass is 10.0. The molecular weight excluding hydrogens is 252 g/mol. The van der Waals surface area contributed by atoms with E-state index in [4.69, 9.17) is 10.8 Å². The highest BCUT2D eigenvalue weighted by Crippen LogP contribution is 2.47. The average Bonchev–Trinajstić information content (AvgIpc) is 3.24. The first-order valence-corrected chi connectivity index (χ1v) is 7.33. The first-order valence-electron chi connectivity index (χ1n) is 7.33. The van der Waals surface area contributed by atoms with Gasteiger partial charge in [0.05, 0.1) is 6.04 Å². The van der Waals surface area contributed by atoms with E-state index in [1.807, 2.05) is 30.3 Å². The molecule has 1 aromatic rings. The number of nitrogens with two attached hydrogens (primary N) is 1. The van der Waals surface area contributed by atoms with Crippen molar-refractivity contribution >= 4 is 5.91 Å². The maximum Gasteiger partial charge on any atom is 0.236 e. The molecule has 2 rings (SSSR count). The second kappa shape index (κ2) is 6.86. The fraction of sp³-hybridized carbons (Fsp3) is 0.562. The Morgan fingerprint density at radius 2 is 2.05 bits per heavy atom. The zero-order valence-electron chi connectivity index (χ0n) is 11.8. The standard InChI is InChI=1S/C16H24N2O2/c17-14(7-6-13-4-2-1-3-5-13)15(20)18-12-16(8-9-16)10-11-19/h1-5,14,19H,6-12,17H2,(H,18,20). The molecular formula is C16H24N2O2. The van der Waals surface area contributed by atoms with Gasteiger partial charge in [-0.05, 0) is 43.1 Å². The number of nitrogens with one attached hydrogen (secondary N) is 1.